The molecule has 11 heteroatoms. The Balaban J connectivity index is 1.74. The molecule has 8 nitrogen and oxygen atoms in total. The van der Waals surface area contributed by atoms with Gasteiger partial charge in [0.1, 0.15) is 0 Å². The predicted molar refractivity (Wildman–Crippen MR) is 133 cm³/mol. The van der Waals surface area contributed by atoms with Gasteiger partial charge in [-0.3, -0.25) is 10.1 Å². The monoisotopic (exact) mass is 524 g/mol. The van der Waals surface area contributed by atoms with E-state index in [1.54, 1.807) is 18.2 Å². The third kappa shape index (κ3) is 6.56. The van der Waals surface area contributed by atoms with Gasteiger partial charge in [0.25, 0.3) is 5.91 Å². The molecule has 0 aliphatic carbocycles. The Bertz CT molecular complexity index is 1230. The number of hydrogen-bond acceptors (Lipinski definition) is 6. The fourth-order valence-corrected chi connectivity index (χ4v) is 5.54. The highest BCUT2D eigenvalue weighted by Crippen LogP contribution is 2.27. The Morgan fingerprint density at radius 2 is 1.53 bits per heavy atom. The summed E-state index contributed by atoms with van der Waals surface area (Å²) in [5.41, 5.74) is 0.746. The van der Waals surface area contributed by atoms with Crippen molar-refractivity contribution in [1.29, 1.82) is 0 Å². The summed E-state index contributed by atoms with van der Waals surface area (Å²) in [7, 11) is -3.69. The molecular weight excluding hydrogens is 499 g/mol. The first-order valence-corrected chi connectivity index (χ1v) is 12.9. The van der Waals surface area contributed by atoms with Gasteiger partial charge >= 0.3 is 6.01 Å². The fourth-order valence-electron chi connectivity index (χ4n) is 3.25. The molecule has 3 rings (SSSR count). The van der Waals surface area contributed by atoms with E-state index in [9.17, 15) is 13.2 Å². The minimum atomic E-state index is -3.69. The van der Waals surface area contributed by atoms with Gasteiger partial charge in [0.15, 0.2) is 0 Å². The Labute approximate surface area is 209 Å². The third-order valence-electron chi connectivity index (χ3n) is 4.65. The van der Waals surface area contributed by atoms with Crippen LogP contribution in [0, 0.1) is 11.8 Å². The van der Waals surface area contributed by atoms with Gasteiger partial charge in [-0.25, -0.2) is 8.42 Å². The fraction of sp³-hybridized carbons (Fsp3) is 0.348. The first kappa shape index (κ1) is 26.2. The number of sulfonamides is 1. The zero-order valence-electron chi connectivity index (χ0n) is 19.2. The number of amides is 1. The van der Waals surface area contributed by atoms with Crippen LogP contribution in [0.15, 0.2) is 51.8 Å². The number of rotatable bonds is 9. The molecule has 0 radical (unpaired) electrons. The molecule has 1 amide bonds. The number of benzene rings is 2. The van der Waals surface area contributed by atoms with Gasteiger partial charge in [0, 0.05) is 34.3 Å². The summed E-state index contributed by atoms with van der Waals surface area (Å²) in [6.45, 7) is 8.72. The van der Waals surface area contributed by atoms with E-state index < -0.39 is 15.9 Å². The number of aromatic nitrogens is 2. The summed E-state index contributed by atoms with van der Waals surface area (Å²) in [4.78, 5) is 12.7. The summed E-state index contributed by atoms with van der Waals surface area (Å²) >= 11 is 12.0. The van der Waals surface area contributed by atoms with Crippen LogP contribution in [0.4, 0.5) is 6.01 Å². The van der Waals surface area contributed by atoms with Crippen LogP contribution < -0.4 is 5.32 Å². The normalized spacial score (nSPS) is 12.0. The van der Waals surface area contributed by atoms with Crippen molar-refractivity contribution >= 4 is 45.1 Å². The second kappa shape index (κ2) is 10.9. The molecule has 0 saturated heterocycles. The van der Waals surface area contributed by atoms with Crippen molar-refractivity contribution in [1.82, 2.24) is 14.5 Å². The molecule has 2 aromatic carbocycles. The van der Waals surface area contributed by atoms with Crippen LogP contribution in [0.1, 0.15) is 38.1 Å². The number of hydrogen-bond donors (Lipinski definition) is 1. The maximum absolute atomic E-state index is 13.1. The number of carbonyl (C=O) groups is 1. The Kier molecular flexibility index (Phi) is 8.35. The second-order valence-corrected chi connectivity index (χ2v) is 11.5. The van der Waals surface area contributed by atoms with Crippen LogP contribution in [-0.4, -0.2) is 41.9 Å². The number of nitrogens with zero attached hydrogens (tertiary/aromatic N) is 3. The maximum atomic E-state index is 13.1. The lowest BCUT2D eigenvalue weighted by molar-refractivity contribution is 0.102. The molecule has 0 unspecified atom stereocenters. The smallest absolute Gasteiger partial charge is 0.322 e. The van der Waals surface area contributed by atoms with Crippen LogP contribution >= 0.6 is 23.2 Å². The molecule has 1 N–H and O–H groups in total. The topological polar surface area (TPSA) is 105 Å². The van der Waals surface area contributed by atoms with Gasteiger partial charge in [-0.1, -0.05) is 56.0 Å². The van der Waals surface area contributed by atoms with Crippen LogP contribution in [0.3, 0.4) is 0 Å². The van der Waals surface area contributed by atoms with Crippen molar-refractivity contribution in [2.75, 3.05) is 18.4 Å². The Morgan fingerprint density at radius 1 is 0.971 bits per heavy atom. The van der Waals surface area contributed by atoms with E-state index in [4.69, 9.17) is 27.6 Å². The number of halogens is 2. The second-order valence-electron chi connectivity index (χ2n) is 8.66. The summed E-state index contributed by atoms with van der Waals surface area (Å²) < 4.78 is 33.2. The number of nitrogens with one attached hydrogen (secondary N) is 1. The molecule has 0 spiro atoms. The van der Waals surface area contributed by atoms with E-state index in [1.807, 2.05) is 27.7 Å². The third-order valence-corrected chi connectivity index (χ3v) is 6.93. The molecule has 0 saturated carbocycles. The molecule has 1 aromatic heterocycles. The van der Waals surface area contributed by atoms with Crippen molar-refractivity contribution in [2.24, 2.45) is 11.8 Å². The van der Waals surface area contributed by atoms with Crippen molar-refractivity contribution in [2.45, 2.75) is 32.6 Å². The Hall–Kier alpha value is -2.46. The summed E-state index contributed by atoms with van der Waals surface area (Å²) in [5, 5.41) is 11.0. The van der Waals surface area contributed by atoms with E-state index in [2.05, 4.69) is 15.5 Å². The first-order chi connectivity index (χ1) is 16.0. The van der Waals surface area contributed by atoms with Crippen molar-refractivity contribution in [3.8, 4) is 11.5 Å². The van der Waals surface area contributed by atoms with Crippen molar-refractivity contribution in [3.05, 3.63) is 58.1 Å². The lowest BCUT2D eigenvalue weighted by Crippen LogP contribution is -2.37. The highest BCUT2D eigenvalue weighted by atomic mass is 35.5. The SMILES string of the molecule is CC(C)CN(CC(C)C)S(=O)(=O)c1ccc(C(=O)Nc2nnc(-c3cc(Cl)cc(Cl)c3)o2)cc1. The zero-order valence-corrected chi connectivity index (χ0v) is 21.6. The highest BCUT2D eigenvalue weighted by molar-refractivity contribution is 7.89. The molecule has 3 aromatic rings. The summed E-state index contributed by atoms with van der Waals surface area (Å²) in [6, 6.07) is 10.4. The van der Waals surface area contributed by atoms with E-state index >= 15 is 0 Å². The van der Waals surface area contributed by atoms with Gasteiger partial charge < -0.3 is 4.42 Å². The Morgan fingerprint density at radius 3 is 2.06 bits per heavy atom. The maximum Gasteiger partial charge on any atom is 0.322 e. The minimum Gasteiger partial charge on any atom is -0.403 e. The van der Waals surface area contributed by atoms with Crippen molar-refractivity contribution in [3.63, 3.8) is 0 Å². The van der Waals surface area contributed by atoms with Crippen LogP contribution in [-0.2, 0) is 10.0 Å². The van der Waals surface area contributed by atoms with Crippen LogP contribution in [0.25, 0.3) is 11.5 Å². The van der Waals surface area contributed by atoms with Gasteiger partial charge in [-0.05, 0) is 54.3 Å². The largest absolute Gasteiger partial charge is 0.403 e. The summed E-state index contributed by atoms with van der Waals surface area (Å²) in [5.74, 6) is -0.0253. The zero-order chi connectivity index (χ0) is 25.0. The van der Waals surface area contributed by atoms with Gasteiger partial charge in [0.2, 0.25) is 15.9 Å². The summed E-state index contributed by atoms with van der Waals surface area (Å²) in [6.07, 6.45) is 0. The molecule has 0 fully saturated rings. The molecule has 0 bridgehead atoms. The van der Waals surface area contributed by atoms with E-state index in [0.29, 0.717) is 28.7 Å². The standard InChI is InChI=1S/C23H26Cl2N4O4S/c1-14(2)12-29(13-15(3)4)34(31,32)20-7-5-16(6-8-20)21(30)26-23-28-27-22(33-23)17-9-18(24)11-19(25)10-17/h5-11,14-15H,12-13H2,1-4H3,(H,26,28,30). The van der Waals surface area contributed by atoms with Crippen LogP contribution in [0.2, 0.25) is 10.0 Å². The molecular formula is C23H26Cl2N4O4S. The highest BCUT2D eigenvalue weighted by Gasteiger charge is 2.26. The lowest BCUT2D eigenvalue weighted by atomic mass is 10.2. The van der Waals surface area contributed by atoms with Gasteiger partial charge in [0.05, 0.1) is 4.90 Å². The van der Waals surface area contributed by atoms with Crippen LogP contribution in [0.5, 0.6) is 0 Å². The first-order valence-electron chi connectivity index (χ1n) is 10.7. The number of carbonyl (C=O) groups excluding carboxylic acids is 1. The minimum absolute atomic E-state index is 0.118. The van der Waals surface area contributed by atoms with E-state index in [1.165, 1.54) is 28.6 Å². The molecule has 34 heavy (non-hydrogen) atoms. The lowest BCUT2D eigenvalue weighted by Gasteiger charge is -2.25. The molecule has 0 atom stereocenters. The van der Waals surface area contributed by atoms with Gasteiger partial charge in [-0.15, -0.1) is 5.10 Å². The predicted octanol–water partition coefficient (Wildman–Crippen LogP) is 5.60. The number of anilines is 1. The average molecular weight is 525 g/mol. The van der Waals surface area contributed by atoms with Gasteiger partial charge in [-0.2, -0.15) is 4.31 Å². The van der Waals surface area contributed by atoms with E-state index in [-0.39, 0.29) is 34.2 Å². The molecule has 0 aliphatic rings. The quantitative estimate of drug-likeness (QED) is 0.390. The van der Waals surface area contributed by atoms with Crippen molar-refractivity contribution < 1.29 is 17.6 Å². The molecule has 0 aliphatic heterocycles. The van der Waals surface area contributed by atoms with E-state index in [0.717, 1.165) is 0 Å². The molecule has 1 heterocycles. The average Bonchev–Trinajstić information content (AvgIpc) is 3.20. The molecule has 182 valence electrons.